The van der Waals surface area contributed by atoms with E-state index in [1.165, 1.54) is 36.3 Å². The Labute approximate surface area is 186 Å². The van der Waals surface area contributed by atoms with Crippen LogP contribution in [0.5, 0.6) is 11.5 Å². The SMILES string of the molecule is COc1ccc(N(C)C(=O)c2ccc(S(=O)(=O)NCCc3cccs3)cc2)cc1OC. The molecule has 0 bridgehead atoms. The maximum absolute atomic E-state index is 12.9. The summed E-state index contributed by atoms with van der Waals surface area (Å²) >= 11 is 1.59. The highest BCUT2D eigenvalue weighted by Gasteiger charge is 2.18. The van der Waals surface area contributed by atoms with E-state index in [9.17, 15) is 13.2 Å². The van der Waals surface area contributed by atoms with E-state index >= 15 is 0 Å². The normalized spacial score (nSPS) is 11.2. The average Bonchev–Trinajstić information content (AvgIpc) is 3.31. The quantitative estimate of drug-likeness (QED) is 0.528. The van der Waals surface area contributed by atoms with Crippen molar-refractivity contribution < 1.29 is 22.7 Å². The molecule has 0 spiro atoms. The Morgan fingerprint density at radius 2 is 1.74 bits per heavy atom. The van der Waals surface area contributed by atoms with E-state index in [0.717, 1.165) is 4.88 Å². The number of sulfonamides is 1. The summed E-state index contributed by atoms with van der Waals surface area (Å²) in [5.74, 6) is 0.796. The fourth-order valence-corrected chi connectivity index (χ4v) is 4.71. The summed E-state index contributed by atoms with van der Waals surface area (Å²) in [6.07, 6.45) is 0.629. The molecule has 9 heteroatoms. The van der Waals surface area contributed by atoms with Crippen molar-refractivity contribution in [2.75, 3.05) is 32.7 Å². The number of rotatable bonds is 9. The molecule has 0 atom stereocenters. The van der Waals surface area contributed by atoms with Gasteiger partial charge in [0.05, 0.1) is 19.1 Å². The highest BCUT2D eigenvalue weighted by molar-refractivity contribution is 7.89. The second-order valence-electron chi connectivity index (χ2n) is 6.65. The molecule has 31 heavy (non-hydrogen) atoms. The molecule has 1 aromatic heterocycles. The Morgan fingerprint density at radius 1 is 1.03 bits per heavy atom. The molecule has 0 aliphatic rings. The highest BCUT2D eigenvalue weighted by atomic mass is 32.2. The summed E-state index contributed by atoms with van der Waals surface area (Å²) in [6, 6.07) is 14.9. The molecule has 7 nitrogen and oxygen atoms in total. The molecule has 1 N–H and O–H groups in total. The number of methoxy groups -OCH3 is 2. The summed E-state index contributed by atoms with van der Waals surface area (Å²) in [6.45, 7) is 0.311. The summed E-state index contributed by atoms with van der Waals surface area (Å²) in [4.78, 5) is 15.5. The van der Waals surface area contributed by atoms with Gasteiger partial charge < -0.3 is 14.4 Å². The third-order valence-corrected chi connectivity index (χ3v) is 7.13. The third-order valence-electron chi connectivity index (χ3n) is 4.71. The number of benzene rings is 2. The van der Waals surface area contributed by atoms with Gasteiger partial charge in [0.15, 0.2) is 11.5 Å². The molecule has 0 aliphatic carbocycles. The number of thiophene rings is 1. The zero-order valence-corrected chi connectivity index (χ0v) is 19.1. The molecule has 0 fully saturated rings. The third kappa shape index (κ3) is 5.43. The van der Waals surface area contributed by atoms with Crippen LogP contribution in [0, 0.1) is 0 Å². The van der Waals surface area contributed by atoms with Crippen LogP contribution in [-0.2, 0) is 16.4 Å². The first kappa shape index (κ1) is 22.8. The largest absolute Gasteiger partial charge is 0.493 e. The van der Waals surface area contributed by atoms with Crippen LogP contribution in [-0.4, -0.2) is 42.1 Å². The standard InChI is InChI=1S/C22H24N2O5S2/c1-24(17-8-11-20(28-2)21(15-17)29-3)22(25)16-6-9-19(10-7-16)31(26,27)23-13-12-18-5-4-14-30-18/h4-11,14-15,23H,12-13H2,1-3H3. The van der Waals surface area contributed by atoms with E-state index < -0.39 is 10.0 Å². The van der Waals surface area contributed by atoms with Gasteiger partial charge in [0, 0.05) is 35.8 Å². The van der Waals surface area contributed by atoms with E-state index in [1.54, 1.807) is 43.7 Å². The molecule has 0 saturated carbocycles. The lowest BCUT2D eigenvalue weighted by Gasteiger charge is -2.19. The first-order valence-corrected chi connectivity index (χ1v) is 11.8. The molecule has 164 valence electrons. The second-order valence-corrected chi connectivity index (χ2v) is 9.45. The zero-order valence-electron chi connectivity index (χ0n) is 17.5. The lowest BCUT2D eigenvalue weighted by molar-refractivity contribution is 0.0993. The van der Waals surface area contributed by atoms with Crippen molar-refractivity contribution in [3.05, 3.63) is 70.4 Å². The minimum Gasteiger partial charge on any atom is -0.493 e. The number of anilines is 1. The van der Waals surface area contributed by atoms with E-state index in [4.69, 9.17) is 9.47 Å². The van der Waals surface area contributed by atoms with Crippen LogP contribution in [0.4, 0.5) is 5.69 Å². The minimum atomic E-state index is -3.65. The fraction of sp³-hybridized carbons (Fsp3) is 0.227. The fourth-order valence-electron chi connectivity index (χ4n) is 2.97. The van der Waals surface area contributed by atoms with Crippen LogP contribution >= 0.6 is 11.3 Å². The van der Waals surface area contributed by atoms with Crippen molar-refractivity contribution in [2.24, 2.45) is 0 Å². The number of carbonyl (C=O) groups is 1. The van der Waals surface area contributed by atoms with Gasteiger partial charge in [-0.25, -0.2) is 13.1 Å². The molecule has 1 amide bonds. The van der Waals surface area contributed by atoms with Gasteiger partial charge in [0.1, 0.15) is 0 Å². The molecule has 0 unspecified atom stereocenters. The van der Waals surface area contributed by atoms with Crippen LogP contribution in [0.2, 0.25) is 0 Å². The number of hydrogen-bond acceptors (Lipinski definition) is 6. The van der Waals surface area contributed by atoms with Crippen molar-refractivity contribution in [2.45, 2.75) is 11.3 Å². The highest BCUT2D eigenvalue weighted by Crippen LogP contribution is 2.31. The Kier molecular flexibility index (Phi) is 7.32. The molecule has 3 aromatic rings. The Hall–Kier alpha value is -2.88. The second kappa shape index (κ2) is 9.95. The molecule has 0 radical (unpaired) electrons. The first-order valence-electron chi connectivity index (χ1n) is 9.48. The van der Waals surface area contributed by atoms with Crippen molar-refractivity contribution >= 4 is 33.0 Å². The van der Waals surface area contributed by atoms with E-state index in [2.05, 4.69) is 4.72 Å². The van der Waals surface area contributed by atoms with E-state index in [-0.39, 0.29) is 10.8 Å². The zero-order chi connectivity index (χ0) is 22.4. The van der Waals surface area contributed by atoms with Gasteiger partial charge in [0.2, 0.25) is 10.0 Å². The smallest absolute Gasteiger partial charge is 0.258 e. The van der Waals surface area contributed by atoms with Crippen LogP contribution in [0.1, 0.15) is 15.2 Å². The minimum absolute atomic E-state index is 0.115. The number of hydrogen-bond donors (Lipinski definition) is 1. The summed E-state index contributed by atoms with van der Waals surface area (Å²) < 4.78 is 38.1. The van der Waals surface area contributed by atoms with Gasteiger partial charge in [-0.3, -0.25) is 4.79 Å². The maximum Gasteiger partial charge on any atom is 0.258 e. The average molecular weight is 461 g/mol. The lowest BCUT2D eigenvalue weighted by atomic mass is 10.2. The Bertz CT molecular complexity index is 1130. The molecule has 3 rings (SSSR count). The van der Waals surface area contributed by atoms with Crippen molar-refractivity contribution in [3.8, 4) is 11.5 Å². The van der Waals surface area contributed by atoms with E-state index in [0.29, 0.717) is 35.7 Å². The van der Waals surface area contributed by atoms with Crippen molar-refractivity contribution in [1.29, 1.82) is 0 Å². The summed E-state index contributed by atoms with van der Waals surface area (Å²) in [5, 5.41) is 1.96. The van der Waals surface area contributed by atoms with Crippen LogP contribution < -0.4 is 19.1 Å². The van der Waals surface area contributed by atoms with Crippen LogP contribution in [0.25, 0.3) is 0 Å². The van der Waals surface area contributed by atoms with Gasteiger partial charge >= 0.3 is 0 Å². The monoisotopic (exact) mass is 460 g/mol. The molecule has 0 saturated heterocycles. The predicted octanol–water partition coefficient (Wildman–Crippen LogP) is 3.56. The molecule has 1 heterocycles. The van der Waals surface area contributed by atoms with Gasteiger partial charge in [-0.2, -0.15) is 0 Å². The van der Waals surface area contributed by atoms with Crippen molar-refractivity contribution in [3.63, 3.8) is 0 Å². The number of nitrogens with one attached hydrogen (secondary N) is 1. The molecular weight excluding hydrogens is 436 g/mol. The lowest BCUT2D eigenvalue weighted by Crippen LogP contribution is -2.27. The summed E-state index contributed by atoms with van der Waals surface area (Å²) in [7, 11) is 1.06. The number of amides is 1. The van der Waals surface area contributed by atoms with Gasteiger partial charge in [-0.15, -0.1) is 11.3 Å². The van der Waals surface area contributed by atoms with Gasteiger partial charge in [0.25, 0.3) is 5.91 Å². The number of carbonyl (C=O) groups excluding carboxylic acids is 1. The first-order chi connectivity index (χ1) is 14.9. The molecule has 0 aliphatic heterocycles. The van der Waals surface area contributed by atoms with Crippen LogP contribution in [0.3, 0.4) is 0 Å². The topological polar surface area (TPSA) is 84.9 Å². The van der Waals surface area contributed by atoms with E-state index in [1.807, 2.05) is 17.5 Å². The van der Waals surface area contributed by atoms with Crippen LogP contribution in [0.15, 0.2) is 64.9 Å². The van der Waals surface area contributed by atoms with Crippen molar-refractivity contribution in [1.82, 2.24) is 4.72 Å². The summed E-state index contributed by atoms with van der Waals surface area (Å²) in [5.41, 5.74) is 0.990. The Morgan fingerprint density at radius 3 is 2.35 bits per heavy atom. The Balaban J connectivity index is 1.69. The predicted molar refractivity (Wildman–Crippen MR) is 122 cm³/mol. The number of nitrogens with zero attached hydrogens (tertiary/aromatic N) is 1. The maximum atomic E-state index is 12.9. The van der Waals surface area contributed by atoms with Gasteiger partial charge in [-0.05, 0) is 54.3 Å². The van der Waals surface area contributed by atoms with Gasteiger partial charge in [-0.1, -0.05) is 6.07 Å². The molecular formula is C22H24N2O5S2. The molecule has 2 aromatic carbocycles. The number of ether oxygens (including phenoxy) is 2.